The number of alkyl halides is 3. The van der Waals surface area contributed by atoms with Gasteiger partial charge in [0.25, 0.3) is 0 Å². The highest BCUT2D eigenvalue weighted by atomic mass is 32.2. The molecular formula is C26H28F4N4O2S. The van der Waals surface area contributed by atoms with Crippen molar-refractivity contribution < 1.29 is 27.1 Å². The zero-order chi connectivity index (χ0) is 26.7. The highest BCUT2D eigenvalue weighted by molar-refractivity contribution is 7.98. The second-order valence-electron chi connectivity index (χ2n) is 8.74. The number of methoxy groups -OCH3 is 1. The van der Waals surface area contributed by atoms with Crippen molar-refractivity contribution in [3.63, 3.8) is 0 Å². The average molecular weight is 537 g/mol. The third-order valence-corrected chi connectivity index (χ3v) is 7.20. The van der Waals surface area contributed by atoms with Gasteiger partial charge in [0.15, 0.2) is 0 Å². The fourth-order valence-corrected chi connectivity index (χ4v) is 5.18. The molecule has 0 radical (unpaired) electrons. The van der Waals surface area contributed by atoms with Crippen LogP contribution in [-0.2, 0) is 6.42 Å². The molecular weight excluding hydrogens is 508 g/mol. The first-order valence-corrected chi connectivity index (χ1v) is 13.1. The predicted octanol–water partition coefficient (Wildman–Crippen LogP) is 6.68. The minimum absolute atomic E-state index is 0.0619. The van der Waals surface area contributed by atoms with Gasteiger partial charge in [-0.2, -0.15) is 18.3 Å². The molecule has 4 rings (SSSR count). The number of hydrogen-bond acceptors (Lipinski definition) is 4. The minimum atomic E-state index is -4.63. The van der Waals surface area contributed by atoms with Crippen LogP contribution in [0.25, 0.3) is 5.69 Å². The Morgan fingerprint density at radius 3 is 2.59 bits per heavy atom. The maximum absolute atomic E-state index is 14.1. The fraction of sp³-hybridized carbons (Fsp3) is 0.385. The lowest BCUT2D eigenvalue weighted by Crippen LogP contribution is -2.55. The van der Waals surface area contributed by atoms with Crippen LogP contribution < -0.4 is 15.0 Å². The zero-order valence-electron chi connectivity index (χ0n) is 20.7. The number of benzene rings is 2. The molecule has 0 saturated carbocycles. The Labute approximate surface area is 217 Å². The van der Waals surface area contributed by atoms with Crippen LogP contribution in [0.2, 0.25) is 0 Å². The number of nitrogens with one attached hydrogen (secondary N) is 1. The standard InChI is InChI=1S/C26H28F4N4O2S/c1-4-5-19(16-6-12-23(37-3)22(14-16)36-2)32-25(35)33-21-15-31-34(18-9-7-17(27)8-10-18)20(21)11-13-24(33)26(28,29)30/h6-10,12,14-15,19,24H,4-5,11,13H2,1-3H3,(H,32,35). The number of rotatable bonds is 7. The quantitative estimate of drug-likeness (QED) is 0.271. The topological polar surface area (TPSA) is 59.4 Å². The predicted molar refractivity (Wildman–Crippen MR) is 135 cm³/mol. The van der Waals surface area contributed by atoms with Gasteiger partial charge in [0, 0.05) is 4.90 Å². The van der Waals surface area contributed by atoms with E-state index in [2.05, 4.69) is 10.4 Å². The molecule has 0 aliphatic carbocycles. The monoisotopic (exact) mass is 536 g/mol. The van der Waals surface area contributed by atoms with Crippen molar-refractivity contribution in [3.05, 3.63) is 65.7 Å². The normalized spacial score (nSPS) is 16.3. The van der Waals surface area contributed by atoms with Crippen molar-refractivity contribution in [1.82, 2.24) is 15.1 Å². The third-order valence-electron chi connectivity index (χ3n) is 6.43. The van der Waals surface area contributed by atoms with E-state index in [-0.39, 0.29) is 18.5 Å². The summed E-state index contributed by atoms with van der Waals surface area (Å²) in [6, 6.07) is 7.65. The first-order chi connectivity index (χ1) is 17.7. The molecule has 2 amide bonds. The van der Waals surface area contributed by atoms with Crippen LogP contribution in [0.5, 0.6) is 5.75 Å². The van der Waals surface area contributed by atoms with E-state index in [9.17, 15) is 22.4 Å². The van der Waals surface area contributed by atoms with E-state index >= 15 is 0 Å². The summed E-state index contributed by atoms with van der Waals surface area (Å²) in [6.07, 6.45) is -0.469. The van der Waals surface area contributed by atoms with Crippen LogP contribution in [0.4, 0.5) is 28.0 Å². The van der Waals surface area contributed by atoms with Crippen molar-refractivity contribution in [2.45, 2.75) is 55.8 Å². The highest BCUT2D eigenvalue weighted by Crippen LogP contribution is 2.39. The SMILES string of the molecule is CCCC(NC(=O)N1c2cnn(-c3ccc(F)cc3)c2CCC1C(F)(F)F)c1ccc(SC)c(OC)c1. The Bertz CT molecular complexity index is 1250. The molecule has 0 bridgehead atoms. The Hall–Kier alpha value is -3.21. The lowest BCUT2D eigenvalue weighted by molar-refractivity contribution is -0.149. The van der Waals surface area contributed by atoms with Gasteiger partial charge in [-0.3, -0.25) is 4.90 Å². The Morgan fingerprint density at radius 2 is 1.97 bits per heavy atom. The molecule has 2 aromatic carbocycles. The number of carbonyl (C=O) groups excluding carboxylic acids is 1. The van der Waals surface area contributed by atoms with Gasteiger partial charge in [-0.15, -0.1) is 11.8 Å². The van der Waals surface area contributed by atoms with Crippen LogP contribution in [-0.4, -0.2) is 41.4 Å². The van der Waals surface area contributed by atoms with Crippen LogP contribution in [0.1, 0.15) is 43.5 Å². The summed E-state index contributed by atoms with van der Waals surface area (Å²) in [6.45, 7) is 1.94. The molecule has 2 atom stereocenters. The van der Waals surface area contributed by atoms with Crippen LogP contribution in [0.3, 0.4) is 0 Å². The van der Waals surface area contributed by atoms with Gasteiger partial charge in [-0.05, 0) is 67.5 Å². The molecule has 1 N–H and O–H groups in total. The van der Waals surface area contributed by atoms with Crippen molar-refractivity contribution in [2.75, 3.05) is 18.3 Å². The van der Waals surface area contributed by atoms with Crippen LogP contribution in [0, 0.1) is 5.82 Å². The number of aromatic nitrogens is 2. The van der Waals surface area contributed by atoms with Crippen molar-refractivity contribution in [1.29, 1.82) is 0 Å². The molecule has 0 fully saturated rings. The molecule has 6 nitrogen and oxygen atoms in total. The number of urea groups is 1. The number of ether oxygens (including phenoxy) is 1. The van der Waals surface area contributed by atoms with Gasteiger partial charge in [0.1, 0.15) is 17.6 Å². The smallest absolute Gasteiger partial charge is 0.409 e. The van der Waals surface area contributed by atoms with E-state index in [1.165, 1.54) is 46.9 Å². The molecule has 2 heterocycles. The second-order valence-corrected chi connectivity index (χ2v) is 9.58. The number of anilines is 1. The summed E-state index contributed by atoms with van der Waals surface area (Å²) in [5.74, 6) is 0.196. The van der Waals surface area contributed by atoms with E-state index in [4.69, 9.17) is 4.74 Å². The summed E-state index contributed by atoms with van der Waals surface area (Å²) in [4.78, 5) is 15.2. The zero-order valence-corrected chi connectivity index (χ0v) is 21.5. The molecule has 198 valence electrons. The number of amides is 2. The molecule has 0 saturated heterocycles. The fourth-order valence-electron chi connectivity index (χ4n) is 4.64. The maximum atomic E-state index is 14.1. The molecule has 1 aliphatic rings. The first-order valence-electron chi connectivity index (χ1n) is 11.9. The van der Waals surface area contributed by atoms with E-state index in [1.54, 1.807) is 7.11 Å². The number of fused-ring (bicyclic) bond motifs is 1. The third kappa shape index (κ3) is 5.56. The van der Waals surface area contributed by atoms with Crippen molar-refractivity contribution in [2.24, 2.45) is 0 Å². The Balaban J connectivity index is 1.70. The molecule has 2 unspecified atom stereocenters. The van der Waals surface area contributed by atoms with E-state index in [0.29, 0.717) is 30.0 Å². The number of thioether (sulfide) groups is 1. The average Bonchev–Trinajstić information content (AvgIpc) is 3.31. The molecule has 11 heteroatoms. The van der Waals surface area contributed by atoms with Gasteiger partial charge in [-0.25, -0.2) is 13.9 Å². The molecule has 1 aromatic heterocycles. The van der Waals surface area contributed by atoms with Gasteiger partial charge in [0.05, 0.1) is 36.4 Å². The minimum Gasteiger partial charge on any atom is -0.496 e. The lowest BCUT2D eigenvalue weighted by atomic mass is 9.99. The van der Waals surface area contributed by atoms with Gasteiger partial charge in [-0.1, -0.05) is 19.4 Å². The van der Waals surface area contributed by atoms with E-state index in [0.717, 1.165) is 15.4 Å². The van der Waals surface area contributed by atoms with E-state index < -0.39 is 30.1 Å². The van der Waals surface area contributed by atoms with Crippen molar-refractivity contribution >= 4 is 23.5 Å². The number of hydrogen-bond donors (Lipinski definition) is 1. The maximum Gasteiger partial charge on any atom is 0.409 e. The number of carbonyl (C=O) groups is 1. The summed E-state index contributed by atoms with van der Waals surface area (Å²) in [5, 5.41) is 7.08. The van der Waals surface area contributed by atoms with Crippen molar-refractivity contribution in [3.8, 4) is 11.4 Å². The van der Waals surface area contributed by atoms with Gasteiger partial charge in [0.2, 0.25) is 0 Å². The summed E-state index contributed by atoms with van der Waals surface area (Å²) in [7, 11) is 1.55. The molecule has 3 aromatic rings. The first kappa shape index (κ1) is 26.8. The number of nitrogens with zero attached hydrogens (tertiary/aromatic N) is 3. The van der Waals surface area contributed by atoms with E-state index in [1.807, 2.05) is 31.4 Å². The van der Waals surface area contributed by atoms with Gasteiger partial charge >= 0.3 is 12.2 Å². The summed E-state index contributed by atoms with van der Waals surface area (Å²) >= 11 is 1.51. The number of halogens is 4. The van der Waals surface area contributed by atoms with Crippen LogP contribution >= 0.6 is 11.8 Å². The second kappa shape index (κ2) is 11.0. The highest BCUT2D eigenvalue weighted by Gasteiger charge is 2.49. The van der Waals surface area contributed by atoms with Crippen LogP contribution in [0.15, 0.2) is 53.6 Å². The lowest BCUT2D eigenvalue weighted by Gasteiger charge is -2.37. The Kier molecular flexibility index (Phi) is 8.01. The molecule has 0 spiro atoms. The Morgan fingerprint density at radius 1 is 1.24 bits per heavy atom. The molecule has 1 aliphatic heterocycles. The molecule has 37 heavy (non-hydrogen) atoms. The van der Waals surface area contributed by atoms with Gasteiger partial charge < -0.3 is 10.1 Å². The summed E-state index contributed by atoms with van der Waals surface area (Å²) in [5.41, 5.74) is 1.78. The largest absolute Gasteiger partial charge is 0.496 e. The summed E-state index contributed by atoms with van der Waals surface area (Å²) < 4.78 is 62.6.